The van der Waals surface area contributed by atoms with Crippen molar-refractivity contribution in [3.63, 3.8) is 0 Å². The maximum Gasteiger partial charge on any atom is 0.309 e. The van der Waals surface area contributed by atoms with Gasteiger partial charge in [0.1, 0.15) is 6.10 Å². The largest absolute Gasteiger partial charge is 0.462 e. The van der Waals surface area contributed by atoms with Gasteiger partial charge in [-0.2, -0.15) is 0 Å². The third-order valence-corrected chi connectivity index (χ3v) is 5.82. The molecule has 1 atom stereocenters. The molecule has 1 unspecified atom stereocenters. The maximum absolute atomic E-state index is 10.7. The number of carbonyl (C=O) groups is 1. The van der Waals surface area contributed by atoms with Crippen LogP contribution in [0, 0.1) is 0 Å². The molecule has 26 heavy (non-hydrogen) atoms. The molecule has 0 amide bonds. The molecule has 154 valence electrons. The molecule has 2 nitrogen and oxygen atoms in total. The summed E-state index contributed by atoms with van der Waals surface area (Å²) in [5, 5.41) is 0. The second-order valence-electron chi connectivity index (χ2n) is 8.47. The molecule has 0 saturated carbocycles. The minimum atomic E-state index is -0.00666. The highest BCUT2D eigenvalue weighted by atomic mass is 16.6. The second-order valence-corrected chi connectivity index (χ2v) is 8.47. The van der Waals surface area contributed by atoms with Crippen LogP contribution in [0.25, 0.3) is 0 Å². The first-order chi connectivity index (χ1) is 12.8. The molecular formula is C24H46O2. The zero-order chi connectivity index (χ0) is 18.7. The van der Waals surface area contributed by atoms with Crippen molar-refractivity contribution >= 4 is 5.97 Å². The lowest BCUT2D eigenvalue weighted by Gasteiger charge is -2.25. The van der Waals surface area contributed by atoms with Crippen molar-refractivity contribution in [2.45, 2.75) is 148 Å². The average molecular weight is 367 g/mol. The topological polar surface area (TPSA) is 26.3 Å². The number of esters is 1. The fourth-order valence-electron chi connectivity index (χ4n) is 3.97. The van der Waals surface area contributed by atoms with E-state index >= 15 is 0 Å². The number of ether oxygens (including phenoxy) is 1. The van der Waals surface area contributed by atoms with Crippen molar-refractivity contribution in [2.24, 2.45) is 0 Å². The monoisotopic (exact) mass is 366 g/mol. The van der Waals surface area contributed by atoms with E-state index in [4.69, 9.17) is 4.74 Å². The van der Waals surface area contributed by atoms with Crippen LogP contribution in [-0.2, 0) is 9.53 Å². The van der Waals surface area contributed by atoms with Gasteiger partial charge in [0, 0.05) is 0 Å². The third-order valence-electron chi connectivity index (χ3n) is 5.82. The van der Waals surface area contributed by atoms with Gasteiger partial charge >= 0.3 is 5.97 Å². The Hall–Kier alpha value is -0.530. The Morgan fingerprint density at radius 3 is 1.23 bits per heavy atom. The molecule has 1 aliphatic rings. The van der Waals surface area contributed by atoms with Gasteiger partial charge in [-0.3, -0.25) is 4.79 Å². The van der Waals surface area contributed by atoms with Crippen LogP contribution in [0.1, 0.15) is 142 Å². The Morgan fingerprint density at radius 1 is 0.615 bits per heavy atom. The first-order valence-electron chi connectivity index (χ1n) is 12.0. The van der Waals surface area contributed by atoms with Crippen molar-refractivity contribution in [1.82, 2.24) is 0 Å². The zero-order valence-corrected chi connectivity index (χ0v) is 17.7. The molecule has 1 fully saturated rings. The highest BCUT2D eigenvalue weighted by Crippen LogP contribution is 2.20. The van der Waals surface area contributed by atoms with Crippen LogP contribution >= 0.6 is 0 Å². The molecule has 0 aromatic carbocycles. The summed E-state index contributed by atoms with van der Waals surface area (Å²) >= 11 is 0. The Morgan fingerprint density at radius 2 is 0.923 bits per heavy atom. The lowest BCUT2D eigenvalue weighted by Crippen LogP contribution is -2.32. The fourth-order valence-corrected chi connectivity index (χ4v) is 3.97. The van der Waals surface area contributed by atoms with Gasteiger partial charge in [0.15, 0.2) is 0 Å². The van der Waals surface area contributed by atoms with E-state index in [-0.39, 0.29) is 12.1 Å². The Labute approximate surface area is 163 Å². The Balaban J connectivity index is 1.62. The summed E-state index contributed by atoms with van der Waals surface area (Å²) in [6.07, 6.45) is 29.0. The van der Waals surface area contributed by atoms with E-state index in [0.717, 1.165) is 6.42 Å². The molecule has 0 N–H and O–H groups in total. The quantitative estimate of drug-likeness (QED) is 0.160. The summed E-state index contributed by atoms with van der Waals surface area (Å²) in [6.45, 7) is 2.29. The van der Waals surface area contributed by atoms with E-state index in [2.05, 4.69) is 6.92 Å². The van der Waals surface area contributed by atoms with E-state index in [1.807, 2.05) is 0 Å². The average Bonchev–Trinajstić information content (AvgIpc) is 2.62. The smallest absolute Gasteiger partial charge is 0.309 e. The molecule has 2 heteroatoms. The minimum Gasteiger partial charge on any atom is -0.462 e. The van der Waals surface area contributed by atoms with Gasteiger partial charge in [0.05, 0.1) is 6.42 Å². The first-order valence-corrected chi connectivity index (χ1v) is 12.0. The van der Waals surface area contributed by atoms with Gasteiger partial charge in [-0.1, -0.05) is 122 Å². The molecule has 1 rings (SSSR count). The molecule has 1 heterocycles. The van der Waals surface area contributed by atoms with Crippen molar-refractivity contribution in [3.05, 3.63) is 0 Å². The summed E-state index contributed by atoms with van der Waals surface area (Å²) in [5.74, 6) is -0.00666. The first kappa shape index (κ1) is 23.5. The van der Waals surface area contributed by atoms with Crippen molar-refractivity contribution in [2.75, 3.05) is 0 Å². The van der Waals surface area contributed by atoms with E-state index in [0.29, 0.717) is 6.42 Å². The normalized spacial score (nSPS) is 16.5. The van der Waals surface area contributed by atoms with Crippen LogP contribution in [0.5, 0.6) is 0 Å². The summed E-state index contributed by atoms with van der Waals surface area (Å²) in [5.41, 5.74) is 0. The maximum atomic E-state index is 10.7. The van der Waals surface area contributed by atoms with E-state index in [9.17, 15) is 4.79 Å². The van der Waals surface area contributed by atoms with Crippen molar-refractivity contribution in [1.29, 1.82) is 0 Å². The fraction of sp³-hybridized carbons (Fsp3) is 0.958. The molecule has 0 bridgehead atoms. The van der Waals surface area contributed by atoms with Gasteiger partial charge in [-0.05, 0) is 12.8 Å². The summed E-state index contributed by atoms with van der Waals surface area (Å²) < 4.78 is 5.04. The number of cyclic esters (lactones) is 1. The van der Waals surface area contributed by atoms with Crippen LogP contribution in [0.15, 0.2) is 0 Å². The van der Waals surface area contributed by atoms with Crippen LogP contribution in [0.4, 0.5) is 0 Å². The number of carbonyl (C=O) groups excluding carboxylic acids is 1. The molecule has 1 saturated heterocycles. The summed E-state index contributed by atoms with van der Waals surface area (Å²) in [6, 6.07) is 0. The molecule has 0 aromatic rings. The second kappa shape index (κ2) is 17.9. The minimum absolute atomic E-state index is 0.00666. The van der Waals surface area contributed by atoms with E-state index in [1.54, 1.807) is 0 Å². The number of unbranched alkanes of at least 4 members (excludes halogenated alkanes) is 18. The molecule has 1 aliphatic heterocycles. The number of rotatable bonds is 20. The lowest BCUT2D eigenvalue weighted by atomic mass is 10.0. The third kappa shape index (κ3) is 14.6. The molecule has 0 radical (unpaired) electrons. The van der Waals surface area contributed by atoms with Gasteiger partial charge < -0.3 is 4.74 Å². The highest BCUT2D eigenvalue weighted by molar-refractivity contribution is 5.75. The summed E-state index contributed by atoms with van der Waals surface area (Å²) in [7, 11) is 0. The predicted molar refractivity (Wildman–Crippen MR) is 113 cm³/mol. The Kier molecular flexibility index (Phi) is 16.2. The standard InChI is InChI=1S/C24H46O2/c1-2-3-4-5-6-7-8-9-10-11-12-13-14-15-16-17-18-19-20-21-23-22-24(25)26-23/h23H,2-22H2,1H3. The number of hydrogen-bond acceptors (Lipinski definition) is 2. The molecule has 0 aromatic heterocycles. The SMILES string of the molecule is CCCCCCCCCCCCCCCCCCCCCC1CC(=O)O1. The summed E-state index contributed by atoms with van der Waals surface area (Å²) in [4.78, 5) is 10.7. The van der Waals surface area contributed by atoms with E-state index < -0.39 is 0 Å². The molecular weight excluding hydrogens is 320 g/mol. The van der Waals surface area contributed by atoms with Gasteiger partial charge in [-0.15, -0.1) is 0 Å². The van der Waals surface area contributed by atoms with Gasteiger partial charge in [-0.25, -0.2) is 0 Å². The van der Waals surface area contributed by atoms with Crippen molar-refractivity contribution in [3.8, 4) is 0 Å². The lowest BCUT2D eigenvalue weighted by molar-refractivity contribution is -0.169. The zero-order valence-electron chi connectivity index (χ0n) is 17.7. The Bertz CT molecular complexity index is 305. The van der Waals surface area contributed by atoms with Gasteiger partial charge in [0.25, 0.3) is 0 Å². The molecule has 0 spiro atoms. The van der Waals surface area contributed by atoms with Crippen LogP contribution < -0.4 is 0 Å². The predicted octanol–water partition coefficient (Wildman–Crippen LogP) is 8.12. The van der Waals surface area contributed by atoms with Crippen molar-refractivity contribution < 1.29 is 9.53 Å². The number of hydrogen-bond donors (Lipinski definition) is 0. The van der Waals surface area contributed by atoms with Crippen LogP contribution in [-0.4, -0.2) is 12.1 Å². The van der Waals surface area contributed by atoms with Gasteiger partial charge in [0.2, 0.25) is 0 Å². The van der Waals surface area contributed by atoms with Crippen LogP contribution in [0.3, 0.4) is 0 Å². The van der Waals surface area contributed by atoms with E-state index in [1.165, 1.54) is 122 Å². The highest BCUT2D eigenvalue weighted by Gasteiger charge is 2.27. The molecule has 0 aliphatic carbocycles. The van der Waals surface area contributed by atoms with Crippen LogP contribution in [0.2, 0.25) is 0 Å².